The van der Waals surface area contributed by atoms with Gasteiger partial charge in [-0.15, -0.1) is 0 Å². The number of fused-ring (bicyclic) bond motifs is 1. The van der Waals surface area contributed by atoms with Crippen molar-refractivity contribution in [3.05, 3.63) is 24.0 Å². The van der Waals surface area contributed by atoms with E-state index in [-0.39, 0.29) is 17.9 Å². The van der Waals surface area contributed by atoms with Gasteiger partial charge in [0.2, 0.25) is 5.91 Å². The average molecular weight is 316 g/mol. The van der Waals surface area contributed by atoms with Gasteiger partial charge >= 0.3 is 0 Å². The number of anilines is 1. The normalized spacial score (nSPS) is 20.6. The van der Waals surface area contributed by atoms with E-state index in [1.54, 1.807) is 0 Å². The second kappa shape index (κ2) is 6.68. The van der Waals surface area contributed by atoms with E-state index in [0.29, 0.717) is 0 Å². The van der Waals surface area contributed by atoms with Crippen molar-refractivity contribution in [2.45, 2.75) is 45.3 Å². The van der Waals surface area contributed by atoms with Gasteiger partial charge in [0.1, 0.15) is 11.9 Å². The first-order valence-electron chi connectivity index (χ1n) is 8.26. The van der Waals surface area contributed by atoms with Crippen molar-refractivity contribution in [1.29, 1.82) is 0 Å². The number of aromatic amines is 1. The molecular weight excluding hydrogens is 292 g/mol. The van der Waals surface area contributed by atoms with Crippen LogP contribution < -0.4 is 11.1 Å². The van der Waals surface area contributed by atoms with Gasteiger partial charge in [0.25, 0.3) is 0 Å². The topological polar surface area (TPSA) is 93.0 Å². The number of nitrogens with one attached hydrogen (secondary N) is 2. The molecule has 3 atom stereocenters. The first kappa shape index (κ1) is 16.0. The van der Waals surface area contributed by atoms with Crippen LogP contribution in [-0.2, 0) is 9.53 Å². The molecule has 6 nitrogen and oxygen atoms in total. The third-order valence-electron chi connectivity index (χ3n) is 4.56. The fourth-order valence-electron chi connectivity index (χ4n) is 2.79. The van der Waals surface area contributed by atoms with Crippen LogP contribution >= 0.6 is 0 Å². The van der Waals surface area contributed by atoms with Crippen molar-refractivity contribution >= 4 is 22.6 Å². The predicted molar refractivity (Wildman–Crippen MR) is 90.1 cm³/mol. The molecule has 0 aliphatic carbocycles. The zero-order valence-corrected chi connectivity index (χ0v) is 13.6. The quantitative estimate of drug-likeness (QED) is 0.790. The van der Waals surface area contributed by atoms with E-state index in [4.69, 9.17) is 10.5 Å². The van der Waals surface area contributed by atoms with Crippen LogP contribution in [-0.4, -0.2) is 28.5 Å². The van der Waals surface area contributed by atoms with E-state index in [2.05, 4.69) is 15.3 Å². The summed E-state index contributed by atoms with van der Waals surface area (Å²) in [6.07, 6.45) is 2.99. The Balaban J connectivity index is 1.76. The number of hydrogen-bond acceptors (Lipinski definition) is 4. The van der Waals surface area contributed by atoms with Crippen molar-refractivity contribution in [1.82, 2.24) is 9.97 Å². The SMILES string of the molecule is CCC(C)C(N)C(=O)Nc1ccc2nc(C3CCCO3)[nH]c2c1. The van der Waals surface area contributed by atoms with E-state index < -0.39 is 6.04 Å². The molecule has 0 spiro atoms. The monoisotopic (exact) mass is 316 g/mol. The lowest BCUT2D eigenvalue weighted by Gasteiger charge is -2.17. The van der Waals surface area contributed by atoms with Gasteiger partial charge in [-0.25, -0.2) is 4.98 Å². The van der Waals surface area contributed by atoms with Gasteiger partial charge in [-0.3, -0.25) is 4.79 Å². The van der Waals surface area contributed by atoms with Crippen LogP contribution in [0.15, 0.2) is 18.2 Å². The number of imidazole rings is 1. The van der Waals surface area contributed by atoms with Crippen molar-refractivity contribution in [2.75, 3.05) is 11.9 Å². The lowest BCUT2D eigenvalue weighted by atomic mass is 9.99. The molecule has 4 N–H and O–H groups in total. The summed E-state index contributed by atoms with van der Waals surface area (Å²) < 4.78 is 5.65. The molecule has 0 bridgehead atoms. The number of carbonyl (C=O) groups excluding carboxylic acids is 1. The summed E-state index contributed by atoms with van der Waals surface area (Å²) in [6, 6.07) is 5.14. The lowest BCUT2D eigenvalue weighted by Crippen LogP contribution is -2.40. The molecule has 1 aromatic carbocycles. The summed E-state index contributed by atoms with van der Waals surface area (Å²) in [5.74, 6) is 0.854. The van der Waals surface area contributed by atoms with Gasteiger partial charge in [-0.2, -0.15) is 0 Å². The zero-order chi connectivity index (χ0) is 16.4. The average Bonchev–Trinajstić information content (AvgIpc) is 3.21. The summed E-state index contributed by atoms with van der Waals surface area (Å²) in [5.41, 5.74) is 8.46. The van der Waals surface area contributed by atoms with Gasteiger partial charge in [0, 0.05) is 12.3 Å². The second-order valence-corrected chi connectivity index (χ2v) is 6.26. The Morgan fingerprint density at radius 2 is 2.39 bits per heavy atom. The van der Waals surface area contributed by atoms with E-state index >= 15 is 0 Å². The number of rotatable bonds is 5. The lowest BCUT2D eigenvalue weighted by molar-refractivity contribution is -0.118. The Labute approximate surface area is 135 Å². The van der Waals surface area contributed by atoms with Crippen LogP contribution in [0.25, 0.3) is 11.0 Å². The maximum Gasteiger partial charge on any atom is 0.241 e. The van der Waals surface area contributed by atoms with E-state index in [0.717, 1.165) is 48.4 Å². The van der Waals surface area contributed by atoms with E-state index in [9.17, 15) is 4.79 Å². The Hall–Kier alpha value is -1.92. The minimum absolute atomic E-state index is 0.0549. The van der Waals surface area contributed by atoms with Crippen LogP contribution in [0, 0.1) is 5.92 Å². The van der Waals surface area contributed by atoms with Crippen molar-refractivity contribution in [3.8, 4) is 0 Å². The highest BCUT2D eigenvalue weighted by molar-refractivity contribution is 5.96. The van der Waals surface area contributed by atoms with Crippen molar-refractivity contribution in [3.63, 3.8) is 0 Å². The maximum atomic E-state index is 12.2. The summed E-state index contributed by atoms with van der Waals surface area (Å²) in [5, 5.41) is 2.88. The molecule has 3 unspecified atom stereocenters. The van der Waals surface area contributed by atoms with Gasteiger partial charge in [0.15, 0.2) is 0 Å². The number of nitrogens with zero attached hydrogens (tertiary/aromatic N) is 1. The Morgan fingerprint density at radius 1 is 1.57 bits per heavy atom. The van der Waals surface area contributed by atoms with E-state index in [1.165, 1.54) is 0 Å². The molecule has 1 fully saturated rings. The van der Waals surface area contributed by atoms with Crippen molar-refractivity contribution < 1.29 is 9.53 Å². The summed E-state index contributed by atoms with van der Waals surface area (Å²) in [7, 11) is 0. The number of hydrogen-bond donors (Lipinski definition) is 3. The fraction of sp³-hybridized carbons (Fsp3) is 0.529. The highest BCUT2D eigenvalue weighted by Crippen LogP contribution is 2.28. The molecule has 124 valence electrons. The highest BCUT2D eigenvalue weighted by Gasteiger charge is 2.22. The number of nitrogens with two attached hydrogens (primary N) is 1. The number of benzene rings is 1. The number of aromatic nitrogens is 2. The van der Waals surface area contributed by atoms with Gasteiger partial charge in [-0.1, -0.05) is 20.3 Å². The second-order valence-electron chi connectivity index (χ2n) is 6.26. The van der Waals surface area contributed by atoms with Crippen LogP contribution in [0.2, 0.25) is 0 Å². The standard InChI is InChI=1S/C17H24N4O2/c1-3-10(2)15(18)17(22)19-11-6-7-12-13(9-11)21-16(20-12)14-5-4-8-23-14/h6-7,9-10,14-15H,3-5,8,18H2,1-2H3,(H,19,22)(H,20,21). The minimum Gasteiger partial charge on any atom is -0.370 e. The van der Waals surface area contributed by atoms with Gasteiger partial charge in [0.05, 0.1) is 17.1 Å². The summed E-state index contributed by atoms with van der Waals surface area (Å²) in [6.45, 7) is 4.80. The van der Waals surface area contributed by atoms with Crippen LogP contribution in [0.4, 0.5) is 5.69 Å². The summed E-state index contributed by atoms with van der Waals surface area (Å²) in [4.78, 5) is 20.1. The predicted octanol–water partition coefficient (Wildman–Crippen LogP) is 2.73. The molecule has 3 rings (SSSR count). The molecule has 0 radical (unpaired) electrons. The van der Waals surface area contributed by atoms with Crippen LogP contribution in [0.1, 0.15) is 45.0 Å². The summed E-state index contributed by atoms with van der Waals surface area (Å²) >= 11 is 0. The van der Waals surface area contributed by atoms with Crippen molar-refractivity contribution in [2.24, 2.45) is 11.7 Å². The molecule has 1 saturated heterocycles. The molecule has 1 aromatic heterocycles. The molecule has 1 aliphatic rings. The Bertz CT molecular complexity index is 691. The minimum atomic E-state index is -0.500. The zero-order valence-electron chi connectivity index (χ0n) is 13.6. The Kier molecular flexibility index (Phi) is 4.63. The number of H-pyrrole nitrogens is 1. The molecule has 6 heteroatoms. The van der Waals surface area contributed by atoms with E-state index in [1.807, 2.05) is 32.0 Å². The highest BCUT2D eigenvalue weighted by atomic mass is 16.5. The van der Waals surface area contributed by atoms with Crippen LogP contribution in [0.3, 0.4) is 0 Å². The number of carbonyl (C=O) groups is 1. The smallest absolute Gasteiger partial charge is 0.241 e. The third-order valence-corrected chi connectivity index (χ3v) is 4.56. The van der Waals surface area contributed by atoms with Gasteiger partial charge < -0.3 is 20.8 Å². The first-order valence-corrected chi connectivity index (χ1v) is 8.26. The van der Waals surface area contributed by atoms with Gasteiger partial charge in [-0.05, 0) is 37.0 Å². The molecular formula is C17H24N4O2. The molecule has 1 aliphatic heterocycles. The van der Waals surface area contributed by atoms with Crippen LogP contribution in [0.5, 0.6) is 0 Å². The Morgan fingerprint density at radius 3 is 3.09 bits per heavy atom. The molecule has 2 aromatic rings. The largest absolute Gasteiger partial charge is 0.370 e. The molecule has 2 heterocycles. The number of ether oxygens (including phenoxy) is 1. The maximum absolute atomic E-state index is 12.2. The third kappa shape index (κ3) is 3.38. The number of amides is 1. The fourth-order valence-corrected chi connectivity index (χ4v) is 2.79. The molecule has 0 saturated carbocycles. The molecule has 23 heavy (non-hydrogen) atoms. The first-order chi connectivity index (χ1) is 11.1. The molecule has 1 amide bonds.